The van der Waals surface area contributed by atoms with E-state index in [4.69, 9.17) is 4.98 Å². The van der Waals surface area contributed by atoms with E-state index >= 15 is 0 Å². The van der Waals surface area contributed by atoms with Crippen LogP contribution in [-0.2, 0) is 6.42 Å². The molecule has 3 heteroatoms. The first-order valence-corrected chi connectivity index (χ1v) is 7.75. The lowest BCUT2D eigenvalue weighted by Gasteiger charge is -1.98. The van der Waals surface area contributed by atoms with Crippen molar-refractivity contribution in [3.05, 3.63) is 63.1 Å². The van der Waals surface area contributed by atoms with Gasteiger partial charge in [0.15, 0.2) is 0 Å². The summed E-state index contributed by atoms with van der Waals surface area (Å²) in [4.78, 5) is 4.74. The fourth-order valence-electron chi connectivity index (χ4n) is 2.45. The van der Waals surface area contributed by atoms with Crippen LogP contribution in [0.5, 0.6) is 0 Å². The van der Waals surface area contributed by atoms with Gasteiger partial charge in [-0.15, -0.1) is 11.3 Å². The molecule has 0 amide bonds. The van der Waals surface area contributed by atoms with Gasteiger partial charge in [-0.05, 0) is 47.0 Å². The Morgan fingerprint density at radius 1 is 1.11 bits per heavy atom. The summed E-state index contributed by atoms with van der Waals surface area (Å²) in [6, 6.07) is 14.8. The number of thiazole rings is 1. The van der Waals surface area contributed by atoms with Crippen LogP contribution in [0.4, 0.5) is 0 Å². The van der Waals surface area contributed by atoms with Crippen LogP contribution in [0.2, 0.25) is 0 Å². The Hall–Kier alpha value is -1.45. The fraction of sp³-hybridized carbons (Fsp3) is 0.0625. The lowest BCUT2D eigenvalue weighted by Crippen LogP contribution is -1.84. The highest BCUT2D eigenvalue weighted by Gasteiger charge is 2.17. The van der Waals surface area contributed by atoms with Crippen molar-refractivity contribution in [3.63, 3.8) is 0 Å². The van der Waals surface area contributed by atoms with Gasteiger partial charge >= 0.3 is 0 Å². The van der Waals surface area contributed by atoms with Crippen molar-refractivity contribution in [3.8, 4) is 0 Å². The normalized spacial score (nSPS) is 13.6. The Kier molecular flexibility index (Phi) is 2.57. The maximum atomic E-state index is 4.74. The number of hydrogen-bond acceptors (Lipinski definition) is 2. The van der Waals surface area contributed by atoms with Crippen LogP contribution in [-0.4, -0.2) is 4.98 Å². The molecule has 19 heavy (non-hydrogen) atoms. The lowest BCUT2D eigenvalue weighted by molar-refractivity contribution is 1.29. The molecule has 4 rings (SSSR count). The summed E-state index contributed by atoms with van der Waals surface area (Å²) < 4.78 is 2.39. The molecule has 2 aromatic carbocycles. The van der Waals surface area contributed by atoms with E-state index in [0.717, 1.165) is 21.4 Å². The Morgan fingerprint density at radius 3 is 2.89 bits per heavy atom. The molecular formula is C16H10BrNS. The van der Waals surface area contributed by atoms with Gasteiger partial charge in [-0.2, -0.15) is 0 Å². The van der Waals surface area contributed by atoms with Gasteiger partial charge in [-0.25, -0.2) is 4.98 Å². The average molecular weight is 328 g/mol. The second-order valence-electron chi connectivity index (χ2n) is 4.68. The van der Waals surface area contributed by atoms with Crippen LogP contribution in [0.25, 0.3) is 21.9 Å². The highest BCUT2D eigenvalue weighted by Crippen LogP contribution is 2.36. The molecule has 0 saturated heterocycles. The van der Waals surface area contributed by atoms with Gasteiger partial charge in [-0.1, -0.05) is 34.1 Å². The van der Waals surface area contributed by atoms with E-state index in [0.29, 0.717) is 0 Å². The highest BCUT2D eigenvalue weighted by molar-refractivity contribution is 9.10. The smallest absolute Gasteiger partial charge is 0.120 e. The second-order valence-corrected chi connectivity index (χ2v) is 6.62. The minimum Gasteiger partial charge on any atom is -0.236 e. The zero-order chi connectivity index (χ0) is 12.8. The van der Waals surface area contributed by atoms with Crippen molar-refractivity contribution in [2.45, 2.75) is 6.42 Å². The number of allylic oxidation sites excluding steroid dienone is 1. The quantitative estimate of drug-likeness (QED) is 0.601. The lowest BCUT2D eigenvalue weighted by atomic mass is 10.1. The number of aromatic nitrogens is 1. The summed E-state index contributed by atoms with van der Waals surface area (Å²) >= 11 is 5.31. The topological polar surface area (TPSA) is 12.9 Å². The molecule has 0 saturated carbocycles. The van der Waals surface area contributed by atoms with E-state index in [1.165, 1.54) is 21.4 Å². The van der Waals surface area contributed by atoms with E-state index in [2.05, 4.69) is 58.4 Å². The van der Waals surface area contributed by atoms with Crippen LogP contribution in [0.15, 0.2) is 46.9 Å². The fourth-order valence-corrected chi connectivity index (χ4v) is 3.81. The van der Waals surface area contributed by atoms with Crippen LogP contribution >= 0.6 is 27.3 Å². The first kappa shape index (κ1) is 11.4. The van der Waals surface area contributed by atoms with Crippen molar-refractivity contribution in [1.82, 2.24) is 4.98 Å². The van der Waals surface area contributed by atoms with E-state index in [9.17, 15) is 0 Å². The Labute approximate surface area is 123 Å². The largest absolute Gasteiger partial charge is 0.236 e. The van der Waals surface area contributed by atoms with Gasteiger partial charge < -0.3 is 0 Å². The maximum Gasteiger partial charge on any atom is 0.120 e. The minimum absolute atomic E-state index is 0.989. The molecule has 92 valence electrons. The third-order valence-electron chi connectivity index (χ3n) is 3.39. The Bertz CT molecular complexity index is 783. The zero-order valence-electron chi connectivity index (χ0n) is 10.1. The number of fused-ring (bicyclic) bond motifs is 2. The van der Waals surface area contributed by atoms with E-state index in [1.54, 1.807) is 11.3 Å². The molecule has 1 aromatic heterocycles. The maximum absolute atomic E-state index is 4.74. The first-order valence-electron chi connectivity index (χ1n) is 6.14. The number of nitrogens with zero attached hydrogens (tertiary/aromatic N) is 1. The van der Waals surface area contributed by atoms with Crippen molar-refractivity contribution in [2.24, 2.45) is 0 Å². The third kappa shape index (κ3) is 1.94. The molecule has 0 spiro atoms. The molecule has 1 aliphatic rings. The molecular weight excluding hydrogens is 318 g/mol. The predicted molar refractivity (Wildman–Crippen MR) is 85.3 cm³/mol. The Morgan fingerprint density at radius 2 is 2.00 bits per heavy atom. The average Bonchev–Trinajstić information content (AvgIpc) is 3.00. The summed E-state index contributed by atoms with van der Waals surface area (Å²) in [6.45, 7) is 0. The summed E-state index contributed by atoms with van der Waals surface area (Å²) in [7, 11) is 0. The molecule has 3 aromatic rings. The molecule has 0 aliphatic heterocycles. The van der Waals surface area contributed by atoms with Crippen LogP contribution in [0.3, 0.4) is 0 Å². The van der Waals surface area contributed by atoms with Crippen LogP contribution in [0.1, 0.15) is 16.1 Å². The van der Waals surface area contributed by atoms with Gasteiger partial charge in [0.2, 0.25) is 0 Å². The molecule has 0 N–H and O–H groups in total. The van der Waals surface area contributed by atoms with E-state index in [-0.39, 0.29) is 0 Å². The van der Waals surface area contributed by atoms with Crippen molar-refractivity contribution < 1.29 is 0 Å². The van der Waals surface area contributed by atoms with E-state index < -0.39 is 0 Å². The zero-order valence-corrected chi connectivity index (χ0v) is 12.5. The van der Waals surface area contributed by atoms with Gasteiger partial charge in [0, 0.05) is 10.9 Å². The standard InChI is InChI=1S/C16H10BrNS/c17-13-6-5-10-7-12(8-11(10)9-13)16-18-14-3-1-2-4-15(14)19-16/h1-6,8-9H,7H2. The molecule has 0 fully saturated rings. The van der Waals surface area contributed by atoms with Crippen LogP contribution < -0.4 is 0 Å². The highest BCUT2D eigenvalue weighted by atomic mass is 79.9. The summed E-state index contributed by atoms with van der Waals surface area (Å²) in [5, 5.41) is 1.15. The second kappa shape index (κ2) is 4.29. The molecule has 1 heterocycles. The molecule has 1 aliphatic carbocycles. The number of benzene rings is 2. The van der Waals surface area contributed by atoms with Gasteiger partial charge in [-0.3, -0.25) is 0 Å². The molecule has 0 radical (unpaired) electrons. The monoisotopic (exact) mass is 327 g/mol. The summed E-state index contributed by atoms with van der Waals surface area (Å²) in [5.41, 5.74) is 5.12. The van der Waals surface area contributed by atoms with Crippen molar-refractivity contribution in [1.29, 1.82) is 0 Å². The van der Waals surface area contributed by atoms with Crippen LogP contribution in [0, 0.1) is 0 Å². The SMILES string of the molecule is Brc1ccc2c(c1)C=C(c1nc3ccccc3s1)C2. The minimum atomic E-state index is 0.989. The predicted octanol–water partition coefficient (Wildman–Crippen LogP) is 5.16. The number of hydrogen-bond donors (Lipinski definition) is 0. The van der Waals surface area contributed by atoms with Crippen molar-refractivity contribution >= 4 is 49.1 Å². The summed E-state index contributed by atoms with van der Waals surface area (Å²) in [6.07, 6.45) is 3.25. The van der Waals surface area contributed by atoms with Gasteiger partial charge in [0.1, 0.15) is 5.01 Å². The Balaban J connectivity index is 1.80. The number of rotatable bonds is 1. The first-order chi connectivity index (χ1) is 9.29. The molecule has 1 nitrogen and oxygen atoms in total. The summed E-state index contributed by atoms with van der Waals surface area (Å²) in [5.74, 6) is 0. The van der Waals surface area contributed by atoms with Gasteiger partial charge in [0.05, 0.1) is 10.2 Å². The third-order valence-corrected chi connectivity index (χ3v) is 4.99. The number of halogens is 1. The van der Waals surface area contributed by atoms with E-state index in [1.807, 2.05) is 6.07 Å². The number of para-hydroxylation sites is 1. The molecule has 0 unspecified atom stereocenters. The van der Waals surface area contributed by atoms with Gasteiger partial charge in [0.25, 0.3) is 0 Å². The molecule has 0 bridgehead atoms. The van der Waals surface area contributed by atoms with Crippen molar-refractivity contribution in [2.75, 3.05) is 0 Å². The molecule has 0 atom stereocenters.